The van der Waals surface area contributed by atoms with Crippen LogP contribution in [0.4, 0.5) is 13.2 Å². The zero-order chi connectivity index (χ0) is 21.1. The fourth-order valence-corrected chi connectivity index (χ4v) is 3.42. The number of rotatable bonds is 7. The molecule has 0 aliphatic rings. The molecule has 1 heterocycles. The molecule has 3 rings (SSSR count). The Morgan fingerprint density at radius 1 is 1.00 bits per heavy atom. The molecule has 154 valence electrons. The lowest BCUT2D eigenvalue weighted by molar-refractivity contribution is -0.0500. The van der Waals surface area contributed by atoms with E-state index in [-0.39, 0.29) is 0 Å². The number of aryl methyl sites for hydroxylation is 1. The maximum Gasteiger partial charge on any atom is 0.534 e. The zero-order valence-corrected chi connectivity index (χ0v) is 16.6. The fraction of sp³-hybridized carbons (Fsp3) is 0.286. The molecule has 2 aromatic carbocycles. The molecule has 0 radical (unpaired) electrons. The van der Waals surface area contributed by atoms with Gasteiger partial charge in [-0.25, -0.2) is 0 Å². The molecule has 0 amide bonds. The van der Waals surface area contributed by atoms with Gasteiger partial charge in [0.05, 0.1) is 5.69 Å². The Kier molecular flexibility index (Phi) is 6.12. The molecule has 0 bridgehead atoms. The molecular formula is C21H20F3NO3S. The topological polar surface area (TPSA) is 56.3 Å². The van der Waals surface area contributed by atoms with Crippen LogP contribution in [0.15, 0.2) is 54.7 Å². The molecule has 0 spiro atoms. The average Bonchev–Trinajstić information content (AvgIpc) is 2.67. The third kappa shape index (κ3) is 5.06. The number of benzene rings is 2. The predicted molar refractivity (Wildman–Crippen MR) is 105 cm³/mol. The van der Waals surface area contributed by atoms with Crippen LogP contribution in [-0.4, -0.2) is 18.9 Å². The molecule has 0 saturated heterocycles. The zero-order valence-electron chi connectivity index (χ0n) is 15.7. The van der Waals surface area contributed by atoms with Gasteiger partial charge in [-0.05, 0) is 47.6 Å². The Morgan fingerprint density at radius 3 is 2.34 bits per heavy atom. The summed E-state index contributed by atoms with van der Waals surface area (Å²) < 4.78 is 64.6. The SMILES string of the molecule is CCCCc1ccc(Cc2nccc3ccc(OS(=O)(=O)C(F)(F)F)cc23)cc1. The van der Waals surface area contributed by atoms with Gasteiger partial charge in [-0.3, -0.25) is 4.98 Å². The first kappa shape index (κ1) is 21.1. The van der Waals surface area contributed by atoms with Crippen molar-refractivity contribution in [1.82, 2.24) is 4.98 Å². The first-order chi connectivity index (χ1) is 13.7. The van der Waals surface area contributed by atoms with Gasteiger partial charge in [-0.1, -0.05) is 43.7 Å². The van der Waals surface area contributed by atoms with E-state index in [1.54, 1.807) is 12.3 Å². The molecule has 0 N–H and O–H groups in total. The highest BCUT2D eigenvalue weighted by molar-refractivity contribution is 7.88. The molecule has 0 aliphatic carbocycles. The number of nitrogens with zero attached hydrogens (tertiary/aromatic N) is 1. The fourth-order valence-electron chi connectivity index (χ4n) is 2.97. The monoisotopic (exact) mass is 423 g/mol. The highest BCUT2D eigenvalue weighted by atomic mass is 32.2. The van der Waals surface area contributed by atoms with Crippen LogP contribution >= 0.6 is 0 Å². The first-order valence-electron chi connectivity index (χ1n) is 9.16. The van der Waals surface area contributed by atoms with Crippen molar-refractivity contribution < 1.29 is 25.8 Å². The van der Waals surface area contributed by atoms with Crippen molar-refractivity contribution in [1.29, 1.82) is 0 Å². The summed E-state index contributed by atoms with van der Waals surface area (Å²) in [6.45, 7) is 2.14. The van der Waals surface area contributed by atoms with E-state index in [1.165, 1.54) is 23.8 Å². The van der Waals surface area contributed by atoms with Gasteiger partial charge in [0.15, 0.2) is 0 Å². The van der Waals surface area contributed by atoms with E-state index in [4.69, 9.17) is 0 Å². The van der Waals surface area contributed by atoms with Crippen LogP contribution in [0.5, 0.6) is 5.75 Å². The van der Waals surface area contributed by atoms with E-state index in [9.17, 15) is 21.6 Å². The van der Waals surface area contributed by atoms with E-state index in [0.717, 1.165) is 30.2 Å². The van der Waals surface area contributed by atoms with Crippen molar-refractivity contribution in [3.05, 3.63) is 71.5 Å². The minimum atomic E-state index is -5.72. The minimum absolute atomic E-state index is 0.404. The van der Waals surface area contributed by atoms with E-state index >= 15 is 0 Å². The standard InChI is InChI=1S/C21H20F3NO3S/c1-2-3-4-15-5-7-16(8-6-15)13-20-19-14-18(10-9-17(19)11-12-25-20)28-29(26,27)21(22,23)24/h5-12,14H,2-4,13H2,1H3. The second-order valence-corrected chi connectivity index (χ2v) is 8.26. The average molecular weight is 423 g/mol. The summed E-state index contributed by atoms with van der Waals surface area (Å²) in [4.78, 5) is 4.33. The second kappa shape index (κ2) is 8.41. The van der Waals surface area contributed by atoms with Gasteiger partial charge < -0.3 is 4.18 Å². The number of fused-ring (bicyclic) bond motifs is 1. The van der Waals surface area contributed by atoms with Gasteiger partial charge in [0, 0.05) is 18.0 Å². The van der Waals surface area contributed by atoms with Crippen LogP contribution < -0.4 is 4.18 Å². The number of aromatic nitrogens is 1. The Labute approximate surface area is 167 Å². The molecule has 4 nitrogen and oxygen atoms in total. The van der Waals surface area contributed by atoms with Gasteiger partial charge in [0.2, 0.25) is 0 Å². The van der Waals surface area contributed by atoms with E-state index < -0.39 is 21.4 Å². The lowest BCUT2D eigenvalue weighted by atomic mass is 10.0. The smallest absolute Gasteiger partial charge is 0.376 e. The summed E-state index contributed by atoms with van der Waals surface area (Å²) in [7, 11) is -5.72. The summed E-state index contributed by atoms with van der Waals surface area (Å²) in [6, 6.07) is 13.8. The molecule has 29 heavy (non-hydrogen) atoms. The lowest BCUT2D eigenvalue weighted by Gasteiger charge is -2.11. The van der Waals surface area contributed by atoms with Gasteiger partial charge >= 0.3 is 15.6 Å². The molecule has 1 aromatic heterocycles. The largest absolute Gasteiger partial charge is 0.534 e. The van der Waals surface area contributed by atoms with Gasteiger partial charge in [0.25, 0.3) is 0 Å². The van der Waals surface area contributed by atoms with Crippen molar-refractivity contribution in [2.45, 2.75) is 38.1 Å². The third-order valence-corrected chi connectivity index (χ3v) is 5.50. The highest BCUT2D eigenvalue weighted by Crippen LogP contribution is 2.30. The first-order valence-corrected chi connectivity index (χ1v) is 10.6. The van der Waals surface area contributed by atoms with E-state index in [2.05, 4.69) is 28.2 Å². The van der Waals surface area contributed by atoms with Crippen LogP contribution in [0.1, 0.15) is 36.6 Å². The Hall–Kier alpha value is -2.61. The quantitative estimate of drug-likeness (QED) is 0.377. The normalized spacial score (nSPS) is 12.3. The number of hydrogen-bond acceptors (Lipinski definition) is 4. The number of unbranched alkanes of at least 4 members (excludes halogenated alkanes) is 1. The van der Waals surface area contributed by atoms with Gasteiger partial charge in [-0.2, -0.15) is 21.6 Å². The van der Waals surface area contributed by atoms with E-state index in [1.807, 2.05) is 12.1 Å². The van der Waals surface area contributed by atoms with Crippen molar-refractivity contribution in [3.8, 4) is 5.75 Å². The van der Waals surface area contributed by atoms with Gasteiger partial charge in [0.1, 0.15) is 5.75 Å². The number of pyridine rings is 1. The van der Waals surface area contributed by atoms with E-state index in [0.29, 0.717) is 17.5 Å². The highest BCUT2D eigenvalue weighted by Gasteiger charge is 2.48. The van der Waals surface area contributed by atoms with Crippen LogP contribution in [0, 0.1) is 0 Å². The summed E-state index contributed by atoms with van der Waals surface area (Å²) >= 11 is 0. The maximum absolute atomic E-state index is 12.6. The summed E-state index contributed by atoms with van der Waals surface area (Å²) in [6.07, 6.45) is 5.32. The molecule has 0 saturated carbocycles. The van der Waals surface area contributed by atoms with Crippen LogP contribution in [0.2, 0.25) is 0 Å². The molecule has 3 aromatic rings. The van der Waals surface area contributed by atoms with Crippen molar-refractivity contribution in [2.75, 3.05) is 0 Å². The summed E-state index contributed by atoms with van der Waals surface area (Å²) in [5.74, 6) is -0.404. The van der Waals surface area contributed by atoms with Crippen LogP contribution in [0.25, 0.3) is 10.8 Å². The van der Waals surface area contributed by atoms with Crippen LogP contribution in [-0.2, 0) is 23.0 Å². The predicted octanol–water partition coefficient (Wildman–Crippen LogP) is 5.40. The number of hydrogen-bond donors (Lipinski definition) is 0. The Morgan fingerprint density at radius 2 is 1.69 bits per heavy atom. The molecule has 8 heteroatoms. The molecule has 0 fully saturated rings. The van der Waals surface area contributed by atoms with Gasteiger partial charge in [-0.15, -0.1) is 0 Å². The van der Waals surface area contributed by atoms with Crippen molar-refractivity contribution >= 4 is 20.9 Å². The second-order valence-electron chi connectivity index (χ2n) is 6.72. The Bertz CT molecular complexity index is 1090. The lowest BCUT2D eigenvalue weighted by Crippen LogP contribution is -2.28. The molecule has 0 unspecified atom stereocenters. The van der Waals surface area contributed by atoms with Crippen molar-refractivity contribution in [3.63, 3.8) is 0 Å². The van der Waals surface area contributed by atoms with Crippen LogP contribution in [0.3, 0.4) is 0 Å². The Balaban J connectivity index is 1.88. The molecule has 0 aliphatic heterocycles. The van der Waals surface area contributed by atoms with Crippen molar-refractivity contribution in [2.24, 2.45) is 0 Å². The maximum atomic E-state index is 12.6. The molecular weight excluding hydrogens is 403 g/mol. The summed E-state index contributed by atoms with van der Waals surface area (Å²) in [5, 5.41) is 1.27. The third-order valence-electron chi connectivity index (χ3n) is 4.52. The summed E-state index contributed by atoms with van der Waals surface area (Å²) in [5.41, 5.74) is -2.62. The molecule has 0 atom stereocenters. The number of alkyl halides is 3. The number of halogens is 3. The minimum Gasteiger partial charge on any atom is -0.376 e.